The first kappa shape index (κ1) is 24.9. The van der Waals surface area contributed by atoms with Gasteiger partial charge in [0.15, 0.2) is 0 Å². The van der Waals surface area contributed by atoms with E-state index in [0.717, 1.165) is 38.8 Å². The van der Waals surface area contributed by atoms with Crippen molar-refractivity contribution >= 4 is 17.8 Å². The van der Waals surface area contributed by atoms with Crippen molar-refractivity contribution in [3.05, 3.63) is 29.6 Å². The molecule has 182 valence electrons. The Hall–Kier alpha value is -2.69. The summed E-state index contributed by atoms with van der Waals surface area (Å²) in [6.07, 6.45) is -0.108. The number of carbonyl (C=O) groups is 3. The van der Waals surface area contributed by atoms with Crippen molar-refractivity contribution in [2.75, 3.05) is 39.3 Å². The van der Waals surface area contributed by atoms with Crippen molar-refractivity contribution in [1.29, 1.82) is 0 Å². The number of hydrogen-bond acceptors (Lipinski definition) is 6. The van der Waals surface area contributed by atoms with Crippen LogP contribution in [0.15, 0.2) is 18.3 Å². The number of amides is 2. The Morgan fingerprint density at radius 1 is 1.18 bits per heavy atom. The molecule has 3 heterocycles. The van der Waals surface area contributed by atoms with Crippen LogP contribution in [0.25, 0.3) is 0 Å². The molecule has 1 aromatic rings. The molecule has 2 aliphatic rings. The number of alkyl halides is 3. The molecule has 2 amide bonds. The van der Waals surface area contributed by atoms with E-state index in [1.54, 1.807) is 11.8 Å². The van der Waals surface area contributed by atoms with Crippen LogP contribution < -0.4 is 0 Å². The summed E-state index contributed by atoms with van der Waals surface area (Å²) in [4.78, 5) is 45.3. The van der Waals surface area contributed by atoms with E-state index in [1.165, 1.54) is 18.3 Å². The van der Waals surface area contributed by atoms with E-state index in [2.05, 4.69) is 9.88 Å². The number of halogens is 3. The van der Waals surface area contributed by atoms with Gasteiger partial charge in [-0.1, -0.05) is 0 Å². The number of pyridine rings is 1. The van der Waals surface area contributed by atoms with Crippen molar-refractivity contribution in [3.63, 3.8) is 0 Å². The number of carbonyl (C=O) groups excluding carboxylic acids is 3. The van der Waals surface area contributed by atoms with E-state index in [-0.39, 0.29) is 23.9 Å². The Morgan fingerprint density at radius 3 is 2.58 bits per heavy atom. The van der Waals surface area contributed by atoms with E-state index < -0.39 is 37.0 Å². The molecule has 2 saturated heterocycles. The quantitative estimate of drug-likeness (QED) is 0.542. The predicted octanol–water partition coefficient (Wildman–Crippen LogP) is 2.24. The minimum absolute atomic E-state index is 0.0565. The smallest absolute Gasteiger partial charge is 0.462 e. The Balaban J connectivity index is 1.73. The van der Waals surface area contributed by atoms with Gasteiger partial charge in [0, 0.05) is 25.3 Å². The molecule has 0 unspecified atom stereocenters. The maximum atomic E-state index is 13.3. The number of ether oxygens (including phenoxy) is 1. The number of nitrogens with zero attached hydrogens (tertiary/aromatic N) is 4. The molecule has 8 nitrogen and oxygen atoms in total. The largest absolute Gasteiger partial charge is 0.471 e. The highest BCUT2D eigenvalue weighted by Crippen LogP contribution is 2.23. The lowest BCUT2D eigenvalue weighted by Crippen LogP contribution is -2.49. The van der Waals surface area contributed by atoms with Crippen LogP contribution in [0.5, 0.6) is 0 Å². The molecular weight excluding hydrogens is 441 g/mol. The van der Waals surface area contributed by atoms with Crippen molar-refractivity contribution < 1.29 is 32.3 Å². The van der Waals surface area contributed by atoms with Crippen LogP contribution in [-0.4, -0.2) is 89.0 Å². The highest BCUT2D eigenvalue weighted by Gasteiger charge is 2.44. The average molecular weight is 470 g/mol. The molecule has 11 heteroatoms. The SMILES string of the molecule is CCOC(=O)c1ccnc(CN(CC(=O)N2CCC[C@@H]2CN2CCCC2)C(=O)C(F)(F)F)c1. The molecule has 0 spiro atoms. The van der Waals surface area contributed by atoms with Gasteiger partial charge in [0.2, 0.25) is 5.91 Å². The van der Waals surface area contributed by atoms with Crippen molar-refractivity contribution in [3.8, 4) is 0 Å². The first-order chi connectivity index (χ1) is 15.7. The summed E-state index contributed by atoms with van der Waals surface area (Å²) in [5, 5.41) is 0. The summed E-state index contributed by atoms with van der Waals surface area (Å²) in [6, 6.07) is 2.57. The number of rotatable bonds is 8. The van der Waals surface area contributed by atoms with E-state index in [0.29, 0.717) is 18.0 Å². The van der Waals surface area contributed by atoms with Gasteiger partial charge in [0.1, 0.15) is 6.54 Å². The van der Waals surface area contributed by atoms with Crippen molar-refractivity contribution in [2.24, 2.45) is 0 Å². The molecule has 33 heavy (non-hydrogen) atoms. The third-order valence-electron chi connectivity index (χ3n) is 5.90. The van der Waals surface area contributed by atoms with E-state index in [9.17, 15) is 27.6 Å². The standard InChI is InChI=1S/C22H29F3N4O4/c1-2-33-20(31)16-7-8-26-17(12-16)13-28(21(32)22(23,24)25)15-19(30)29-11-5-6-18(29)14-27-9-3-4-10-27/h7-8,12,18H,2-6,9-11,13-15H2,1H3/t18-/m1/s1. The molecule has 2 aliphatic heterocycles. The molecule has 1 atom stereocenters. The van der Waals surface area contributed by atoms with Gasteiger partial charge in [0.25, 0.3) is 0 Å². The van der Waals surface area contributed by atoms with Gasteiger partial charge < -0.3 is 19.4 Å². The lowest BCUT2D eigenvalue weighted by molar-refractivity contribution is -0.187. The summed E-state index contributed by atoms with van der Waals surface area (Å²) in [5.74, 6) is -3.28. The van der Waals surface area contributed by atoms with Crippen LogP contribution >= 0.6 is 0 Å². The second-order valence-corrected chi connectivity index (χ2v) is 8.31. The van der Waals surface area contributed by atoms with Crippen LogP contribution in [-0.2, 0) is 20.9 Å². The Bertz CT molecular complexity index is 858. The van der Waals surface area contributed by atoms with E-state index >= 15 is 0 Å². The third kappa shape index (κ3) is 6.66. The zero-order valence-electron chi connectivity index (χ0n) is 18.6. The van der Waals surface area contributed by atoms with E-state index in [4.69, 9.17) is 4.74 Å². The minimum Gasteiger partial charge on any atom is -0.462 e. The van der Waals surface area contributed by atoms with E-state index in [1.807, 2.05) is 0 Å². The van der Waals surface area contributed by atoms with Crippen LogP contribution in [0, 0.1) is 0 Å². The molecule has 0 aromatic carbocycles. The normalized spacial score (nSPS) is 19.0. The molecule has 1 aromatic heterocycles. The Morgan fingerprint density at radius 2 is 1.91 bits per heavy atom. The van der Waals surface area contributed by atoms with Gasteiger partial charge in [-0.3, -0.25) is 14.6 Å². The molecule has 0 radical (unpaired) electrons. The minimum atomic E-state index is -5.14. The summed E-state index contributed by atoms with van der Waals surface area (Å²) in [5.41, 5.74) is 0.166. The van der Waals surface area contributed by atoms with Gasteiger partial charge in [-0.2, -0.15) is 13.2 Å². The van der Waals surface area contributed by atoms with Crippen LogP contribution in [0.3, 0.4) is 0 Å². The lowest BCUT2D eigenvalue weighted by atomic mass is 10.2. The number of esters is 1. The number of aromatic nitrogens is 1. The summed E-state index contributed by atoms with van der Waals surface area (Å²) in [7, 11) is 0. The number of hydrogen-bond donors (Lipinski definition) is 0. The Labute approximate surface area is 190 Å². The fourth-order valence-corrected chi connectivity index (χ4v) is 4.35. The maximum Gasteiger partial charge on any atom is 0.471 e. The van der Waals surface area contributed by atoms with Gasteiger partial charge in [-0.25, -0.2) is 4.79 Å². The Kier molecular flexibility index (Phi) is 8.28. The fraction of sp³-hybridized carbons (Fsp3) is 0.636. The second-order valence-electron chi connectivity index (χ2n) is 8.31. The van der Waals surface area contributed by atoms with Crippen LogP contribution in [0.2, 0.25) is 0 Å². The topological polar surface area (TPSA) is 83.1 Å². The van der Waals surface area contributed by atoms with Crippen LogP contribution in [0.1, 0.15) is 48.7 Å². The zero-order chi connectivity index (χ0) is 24.0. The summed E-state index contributed by atoms with van der Waals surface area (Å²) < 4.78 is 44.7. The molecule has 2 fully saturated rings. The summed E-state index contributed by atoms with van der Waals surface area (Å²) in [6.45, 7) is 3.58. The lowest BCUT2D eigenvalue weighted by Gasteiger charge is -2.31. The maximum absolute atomic E-state index is 13.3. The second kappa shape index (κ2) is 11.0. The van der Waals surface area contributed by atoms with Gasteiger partial charge in [0.05, 0.1) is 24.4 Å². The monoisotopic (exact) mass is 470 g/mol. The molecule has 0 aliphatic carbocycles. The van der Waals surface area contributed by atoms with Crippen LogP contribution in [0.4, 0.5) is 13.2 Å². The number of likely N-dealkylation sites (tertiary alicyclic amines) is 2. The van der Waals surface area contributed by atoms with Crippen molar-refractivity contribution in [2.45, 2.75) is 51.4 Å². The van der Waals surface area contributed by atoms with Gasteiger partial charge in [-0.05, 0) is 57.8 Å². The highest BCUT2D eigenvalue weighted by molar-refractivity contribution is 5.90. The molecule has 0 N–H and O–H groups in total. The van der Waals surface area contributed by atoms with Gasteiger partial charge >= 0.3 is 18.1 Å². The first-order valence-corrected chi connectivity index (χ1v) is 11.2. The molecular formula is C22H29F3N4O4. The molecule has 0 saturated carbocycles. The summed E-state index contributed by atoms with van der Waals surface area (Å²) >= 11 is 0. The third-order valence-corrected chi connectivity index (χ3v) is 5.90. The average Bonchev–Trinajstić information content (AvgIpc) is 3.45. The highest BCUT2D eigenvalue weighted by atomic mass is 19.4. The molecule has 3 rings (SSSR count). The zero-order valence-corrected chi connectivity index (χ0v) is 18.6. The predicted molar refractivity (Wildman–Crippen MR) is 112 cm³/mol. The van der Waals surface area contributed by atoms with Crippen molar-refractivity contribution in [1.82, 2.24) is 19.7 Å². The first-order valence-electron chi connectivity index (χ1n) is 11.2. The molecule has 0 bridgehead atoms. The van der Waals surface area contributed by atoms with Gasteiger partial charge in [-0.15, -0.1) is 0 Å². The fourth-order valence-electron chi connectivity index (χ4n) is 4.35.